The summed E-state index contributed by atoms with van der Waals surface area (Å²) in [6.45, 7) is 9.51. The smallest absolute Gasteiger partial charge is 0.410 e. The third-order valence-corrected chi connectivity index (χ3v) is 6.63. The number of rotatable bonds is 9. The van der Waals surface area contributed by atoms with E-state index in [1.807, 2.05) is 0 Å². The van der Waals surface area contributed by atoms with Crippen LogP contribution < -0.4 is 14.8 Å². The fraction of sp³-hybridized carbons (Fsp3) is 0.407. The molecule has 0 bridgehead atoms. The fourth-order valence-electron chi connectivity index (χ4n) is 4.03. The topological polar surface area (TPSA) is 103 Å². The van der Waals surface area contributed by atoms with Crippen LogP contribution in [0.2, 0.25) is 10.0 Å². The first kappa shape index (κ1) is 30.2. The van der Waals surface area contributed by atoms with Crippen molar-refractivity contribution in [2.45, 2.75) is 38.8 Å². The van der Waals surface area contributed by atoms with Crippen LogP contribution in [0.4, 0.5) is 15.1 Å². The van der Waals surface area contributed by atoms with Gasteiger partial charge in [-0.1, -0.05) is 29.8 Å². The molecule has 0 saturated carbocycles. The molecule has 1 saturated heterocycles. The van der Waals surface area contributed by atoms with Crippen LogP contribution in [0, 0.1) is 5.92 Å². The Morgan fingerprint density at radius 3 is 2.26 bits per heavy atom. The summed E-state index contributed by atoms with van der Waals surface area (Å²) in [6.07, 6.45) is 5.00. The number of halogens is 3. The molecule has 12 heteroatoms. The highest BCUT2D eigenvalue weighted by molar-refractivity contribution is 6.39. The Balaban J connectivity index is 1.80. The first-order valence-electron chi connectivity index (χ1n) is 12.1. The minimum Gasteiger partial charge on any atom is -0.495 e. The van der Waals surface area contributed by atoms with Crippen molar-refractivity contribution in [2.75, 3.05) is 32.6 Å². The van der Waals surface area contributed by atoms with Crippen molar-refractivity contribution in [2.24, 2.45) is 5.92 Å². The maximum absolute atomic E-state index is 15.3. The first-order valence-corrected chi connectivity index (χ1v) is 12.8. The summed E-state index contributed by atoms with van der Waals surface area (Å²) in [5, 5.41) is 3.17. The number of carbonyl (C=O) groups is 2. The molecule has 2 atom stereocenters. The van der Waals surface area contributed by atoms with Crippen molar-refractivity contribution in [1.82, 2.24) is 14.9 Å². The molecular formula is C27H31Cl2FN4O5. The van der Waals surface area contributed by atoms with Gasteiger partial charge in [0.05, 0.1) is 35.9 Å². The number of nitrogens with zero attached hydrogens (tertiary/aromatic N) is 3. The predicted molar refractivity (Wildman–Crippen MR) is 149 cm³/mol. The molecule has 0 aliphatic carbocycles. The van der Waals surface area contributed by atoms with Gasteiger partial charge in [-0.05, 0) is 32.9 Å². The van der Waals surface area contributed by atoms with Gasteiger partial charge in [0, 0.05) is 49.5 Å². The third kappa shape index (κ3) is 7.60. The SMILES string of the molecule is C=CC(=O)CC1CN(C(=O)OC(C)(C)C)CC1Nc1ncc(/C=C(\F)c2c(Cl)c(OC)cc(OC)c2Cl)cn1. The van der Waals surface area contributed by atoms with Gasteiger partial charge in [-0.25, -0.2) is 19.2 Å². The molecule has 1 N–H and O–H groups in total. The Bertz CT molecular complexity index is 1240. The van der Waals surface area contributed by atoms with Gasteiger partial charge in [0.1, 0.15) is 22.9 Å². The van der Waals surface area contributed by atoms with E-state index in [-0.39, 0.29) is 63.8 Å². The lowest BCUT2D eigenvalue weighted by atomic mass is 9.97. The number of aromatic nitrogens is 2. The number of nitrogens with one attached hydrogen (secondary N) is 1. The largest absolute Gasteiger partial charge is 0.495 e. The van der Waals surface area contributed by atoms with Crippen LogP contribution in [0.3, 0.4) is 0 Å². The van der Waals surface area contributed by atoms with E-state index in [0.29, 0.717) is 12.1 Å². The Kier molecular flexibility index (Phi) is 9.79. The number of likely N-dealkylation sites (tertiary alicyclic amines) is 1. The van der Waals surface area contributed by atoms with E-state index < -0.39 is 17.5 Å². The average Bonchev–Trinajstić information content (AvgIpc) is 3.26. The van der Waals surface area contributed by atoms with Crippen LogP contribution in [-0.4, -0.2) is 65.7 Å². The lowest BCUT2D eigenvalue weighted by Gasteiger charge is -2.24. The second-order valence-electron chi connectivity index (χ2n) is 9.89. The highest BCUT2D eigenvalue weighted by atomic mass is 35.5. The van der Waals surface area contributed by atoms with E-state index >= 15 is 4.39 Å². The van der Waals surface area contributed by atoms with Crippen molar-refractivity contribution in [3.8, 4) is 11.5 Å². The molecule has 9 nitrogen and oxygen atoms in total. The van der Waals surface area contributed by atoms with Gasteiger partial charge in [-0.15, -0.1) is 0 Å². The molecule has 1 amide bonds. The van der Waals surface area contributed by atoms with E-state index in [1.54, 1.807) is 25.7 Å². The molecule has 1 aromatic carbocycles. The van der Waals surface area contributed by atoms with Crippen LogP contribution in [-0.2, 0) is 9.53 Å². The fourth-order valence-corrected chi connectivity index (χ4v) is 4.71. The maximum Gasteiger partial charge on any atom is 0.410 e. The highest BCUT2D eigenvalue weighted by Crippen LogP contribution is 2.44. The van der Waals surface area contributed by atoms with Gasteiger partial charge in [-0.2, -0.15) is 0 Å². The van der Waals surface area contributed by atoms with Crippen molar-refractivity contribution < 1.29 is 28.2 Å². The Hall–Kier alpha value is -3.37. The molecule has 0 radical (unpaired) electrons. The molecule has 0 spiro atoms. The van der Waals surface area contributed by atoms with Crippen molar-refractivity contribution in [3.63, 3.8) is 0 Å². The first-order chi connectivity index (χ1) is 18.4. The van der Waals surface area contributed by atoms with Gasteiger partial charge in [0.25, 0.3) is 0 Å². The van der Waals surface area contributed by atoms with Gasteiger partial charge >= 0.3 is 6.09 Å². The monoisotopic (exact) mass is 580 g/mol. The zero-order valence-corrected chi connectivity index (χ0v) is 23.9. The molecule has 1 fully saturated rings. The normalized spacial score (nSPS) is 17.5. The molecule has 1 aromatic heterocycles. The van der Waals surface area contributed by atoms with Gasteiger partial charge < -0.3 is 24.4 Å². The van der Waals surface area contributed by atoms with Crippen molar-refractivity contribution >= 4 is 52.9 Å². The van der Waals surface area contributed by atoms with E-state index in [4.69, 9.17) is 37.4 Å². The van der Waals surface area contributed by atoms with E-state index in [1.165, 1.54) is 44.8 Å². The zero-order chi connectivity index (χ0) is 28.9. The number of ether oxygens (including phenoxy) is 3. The van der Waals surface area contributed by atoms with Gasteiger partial charge in [0.2, 0.25) is 5.95 Å². The summed E-state index contributed by atoms with van der Waals surface area (Å²) in [5.74, 6) is -0.434. The molecule has 1 aliphatic rings. The zero-order valence-electron chi connectivity index (χ0n) is 22.4. The molecule has 2 aromatic rings. The lowest BCUT2D eigenvalue weighted by Crippen LogP contribution is -2.36. The number of hydrogen-bond acceptors (Lipinski definition) is 8. The highest BCUT2D eigenvalue weighted by Gasteiger charge is 2.38. The number of amides is 1. The molecule has 2 unspecified atom stereocenters. The van der Waals surface area contributed by atoms with Gasteiger partial charge in [0.15, 0.2) is 5.78 Å². The average molecular weight is 581 g/mol. The van der Waals surface area contributed by atoms with Crippen LogP contribution in [0.25, 0.3) is 11.9 Å². The third-order valence-electron chi connectivity index (χ3n) is 5.88. The van der Waals surface area contributed by atoms with E-state index in [0.717, 1.165) is 0 Å². The summed E-state index contributed by atoms with van der Waals surface area (Å²) >= 11 is 12.6. The Labute approximate surface area is 236 Å². The van der Waals surface area contributed by atoms with Crippen LogP contribution in [0.1, 0.15) is 38.3 Å². The van der Waals surface area contributed by atoms with E-state index in [2.05, 4.69) is 21.9 Å². The second-order valence-corrected chi connectivity index (χ2v) is 10.6. The quantitative estimate of drug-likeness (QED) is 0.357. The van der Waals surface area contributed by atoms with Crippen LogP contribution in [0.5, 0.6) is 11.5 Å². The number of anilines is 1. The number of carbonyl (C=O) groups excluding carboxylic acids is 2. The molecular weight excluding hydrogens is 550 g/mol. The predicted octanol–water partition coefficient (Wildman–Crippen LogP) is 6.06. The molecule has 39 heavy (non-hydrogen) atoms. The van der Waals surface area contributed by atoms with Crippen LogP contribution >= 0.6 is 23.2 Å². The lowest BCUT2D eigenvalue weighted by molar-refractivity contribution is -0.115. The Morgan fingerprint density at radius 2 is 1.74 bits per heavy atom. The second kappa shape index (κ2) is 12.7. The molecule has 3 rings (SSSR count). The molecule has 210 valence electrons. The Morgan fingerprint density at radius 1 is 1.15 bits per heavy atom. The summed E-state index contributed by atoms with van der Waals surface area (Å²) < 4.78 is 31.1. The van der Waals surface area contributed by atoms with Gasteiger partial charge in [-0.3, -0.25) is 4.79 Å². The summed E-state index contributed by atoms with van der Waals surface area (Å²) in [7, 11) is 2.79. The maximum atomic E-state index is 15.3. The summed E-state index contributed by atoms with van der Waals surface area (Å²) in [4.78, 5) is 34.8. The number of benzene rings is 1. The van der Waals surface area contributed by atoms with Crippen molar-refractivity contribution in [3.05, 3.63) is 52.3 Å². The van der Waals surface area contributed by atoms with Crippen molar-refractivity contribution in [1.29, 1.82) is 0 Å². The standard InChI is InChI=1S/C27H31Cl2FN4O5/c1-7-17(35)9-16-13-34(26(36)39-27(2,3)4)14-19(16)33-25-31-11-15(12-32-25)8-18(30)22-23(28)20(37-5)10-21(38-6)24(22)29/h7-8,10-12,16,19H,1,9,13-14H2,2-6H3,(H,31,32,33)/b18-8-. The molecule has 2 heterocycles. The minimum absolute atomic E-state index is 0.00727. The number of hydrogen-bond donors (Lipinski definition) is 1. The van der Waals surface area contributed by atoms with E-state index in [9.17, 15) is 9.59 Å². The van der Waals surface area contributed by atoms with Crippen LogP contribution in [0.15, 0.2) is 31.1 Å². The summed E-state index contributed by atoms with van der Waals surface area (Å²) in [6, 6.07) is 1.15. The number of ketones is 1. The number of methoxy groups -OCH3 is 2. The minimum atomic E-state index is -0.738. The molecule has 1 aliphatic heterocycles. The number of allylic oxidation sites excluding steroid dienone is 1. The summed E-state index contributed by atoms with van der Waals surface area (Å²) in [5.41, 5.74) is -0.395.